The van der Waals surface area contributed by atoms with Crippen molar-refractivity contribution in [3.63, 3.8) is 0 Å². The Bertz CT molecular complexity index is 10500. The van der Waals surface area contributed by atoms with E-state index in [-0.39, 0.29) is 0 Å². The van der Waals surface area contributed by atoms with Crippen molar-refractivity contribution < 1.29 is 0 Å². The highest BCUT2D eigenvalue weighted by Gasteiger charge is 2.34. The van der Waals surface area contributed by atoms with Crippen LogP contribution in [-0.4, -0.2) is 44.9 Å². The number of benzene rings is 20. The number of aromatic nitrogens is 9. The number of thiophene rings is 3. The molecule has 20 aromatic carbocycles. The van der Waals surface area contributed by atoms with E-state index in [0.29, 0.717) is 17.5 Å². The Morgan fingerprint density at radius 3 is 1.10 bits per heavy atom. The highest BCUT2D eigenvalue weighted by molar-refractivity contribution is 7.27. The third-order valence-corrected chi connectivity index (χ3v) is 32.6. The highest BCUT2D eigenvalue weighted by Crippen LogP contribution is 2.59. The van der Waals surface area contributed by atoms with Crippen LogP contribution < -0.4 is 14.7 Å². The van der Waals surface area contributed by atoms with Gasteiger partial charge in [-0.25, -0.2) is 29.9 Å². The van der Waals surface area contributed by atoms with Gasteiger partial charge in [-0.2, -0.15) is 0 Å². The lowest BCUT2D eigenvalue weighted by molar-refractivity contribution is 1.21. The summed E-state index contributed by atoms with van der Waals surface area (Å²) in [5, 5.41) is 22.9. The minimum atomic E-state index is 0.696. The van der Waals surface area contributed by atoms with Gasteiger partial charge in [-0.05, 0) is 215 Å². The first-order valence-corrected chi connectivity index (χ1v) is 51.3. The van der Waals surface area contributed by atoms with Crippen LogP contribution in [-0.2, 0) is 0 Å². The second-order valence-corrected chi connectivity index (χ2v) is 40.5. The minimum Gasteiger partial charge on any atom is -0.309 e. The molecule has 678 valence electrons. The van der Waals surface area contributed by atoms with Gasteiger partial charge in [0.05, 0.1) is 93.2 Å². The van der Waals surface area contributed by atoms with Gasteiger partial charge >= 0.3 is 0 Å². The molecule has 32 rings (SSSR count). The van der Waals surface area contributed by atoms with Gasteiger partial charge in [0.15, 0.2) is 17.5 Å². The smallest absolute Gasteiger partial charge is 0.161 e. The van der Waals surface area contributed by atoms with E-state index in [4.69, 9.17) is 34.9 Å². The number of pyridine rings is 3. The van der Waals surface area contributed by atoms with E-state index in [0.717, 1.165) is 131 Å². The zero-order valence-corrected chi connectivity index (χ0v) is 80.4. The van der Waals surface area contributed by atoms with Crippen LogP contribution in [0.2, 0.25) is 0 Å². The fraction of sp³-hybridized carbons (Fsp3) is 0. The van der Waals surface area contributed by atoms with Crippen molar-refractivity contribution in [3.05, 3.63) is 462 Å². The Hall–Kier alpha value is -18.8. The standard InChI is InChI=1S/2C45H26N4S.C41H24N4S/c1-2-9-30-26-39-36(25-29(30)8-1)34-14-5-10-27-11-6-16-38(41(27)34)49(39)37-15-7-12-31-24-32(18-19-33(31)37)45-47-42(28-20-22-46-23-21-28)44-43(48-45)35-13-3-4-17-40(35)50-44;1-2-12-29-26-39-35(25-28(29)11-1)32-18-7-13-27-14-8-22-38(41(27)32)49(39)37-21-10-16-30-31(37)17-9-19-33(30)45-47-42-34-15-3-4-23-40(34)50-44(42)43(48-45)36-20-5-6-24-46-36;1-2-10-27-23-35-33(22-26(27)9-1)31-17-6-11-25-12-7-18-34(37(25)31)45(35)30-15-5-13-28(21-30)41-43-38(29-14-8-20-42-24-29)40-39(44-41)32-16-3-4-19-36(32)46-40/h2*1-26H;1-24H. The van der Waals surface area contributed by atoms with Crippen LogP contribution in [0, 0.1) is 0 Å². The Kier molecular flexibility index (Phi) is 19.0. The summed E-state index contributed by atoms with van der Waals surface area (Å²) < 4.78 is 6.82. The van der Waals surface area contributed by atoms with Crippen molar-refractivity contribution in [2.24, 2.45) is 0 Å². The van der Waals surface area contributed by atoms with Crippen LogP contribution in [0.4, 0.5) is 51.2 Å². The lowest BCUT2D eigenvalue weighted by Crippen LogP contribution is -2.15. The molecule has 12 heterocycles. The van der Waals surface area contributed by atoms with E-state index in [1.807, 2.05) is 61.2 Å². The van der Waals surface area contributed by atoms with Crippen LogP contribution in [0.25, 0.3) is 249 Å². The van der Waals surface area contributed by atoms with Crippen LogP contribution in [0.15, 0.2) is 462 Å². The largest absolute Gasteiger partial charge is 0.309 e. The van der Waals surface area contributed by atoms with Gasteiger partial charge in [0.2, 0.25) is 0 Å². The topological polar surface area (TPSA) is 126 Å². The van der Waals surface area contributed by atoms with E-state index >= 15 is 0 Å². The summed E-state index contributed by atoms with van der Waals surface area (Å²) in [4.78, 5) is 52.2. The molecule has 0 N–H and O–H groups in total. The molecule has 0 bridgehead atoms. The predicted octanol–water partition coefficient (Wildman–Crippen LogP) is 36.3. The molecule has 0 atom stereocenters. The molecule has 0 fully saturated rings. The van der Waals surface area contributed by atoms with Crippen LogP contribution in [0.1, 0.15) is 0 Å². The second kappa shape index (κ2) is 33.5. The summed E-state index contributed by atoms with van der Waals surface area (Å²) in [5.74, 6) is 2.11. The fourth-order valence-electron chi connectivity index (χ4n) is 22.6. The number of hydrogen-bond acceptors (Lipinski definition) is 15. The van der Waals surface area contributed by atoms with Gasteiger partial charge in [0, 0.05) is 138 Å². The van der Waals surface area contributed by atoms with Gasteiger partial charge in [0.1, 0.15) is 5.69 Å². The van der Waals surface area contributed by atoms with Gasteiger partial charge < -0.3 is 14.7 Å². The van der Waals surface area contributed by atoms with Crippen LogP contribution >= 0.6 is 34.0 Å². The highest BCUT2D eigenvalue weighted by atomic mass is 32.1. The maximum absolute atomic E-state index is 5.30. The second-order valence-electron chi connectivity index (χ2n) is 37.3. The first-order chi connectivity index (χ1) is 72.4. The summed E-state index contributed by atoms with van der Waals surface area (Å²) in [6.07, 6.45) is 9.18. The van der Waals surface area contributed by atoms with Crippen molar-refractivity contribution in [1.29, 1.82) is 0 Å². The van der Waals surface area contributed by atoms with Crippen molar-refractivity contribution in [2.75, 3.05) is 14.7 Å². The molecule has 3 aliphatic rings. The first-order valence-electron chi connectivity index (χ1n) is 48.9. The molecular weight excluding hydrogens is 1840 g/mol. The quantitative estimate of drug-likeness (QED) is 0.137. The monoisotopic (exact) mass is 1910 g/mol. The normalized spacial score (nSPS) is 12.3. The summed E-state index contributed by atoms with van der Waals surface area (Å²) >= 11 is 5.21. The SMILES string of the molecule is c1ccc(-c2nc(-c3cccc4c(N5c6cc7ccccc7cc6-c6cccc7cccc5c67)cccc34)nc3c2sc2ccccc23)nc1.c1ccc2cc3c(cc2c1)-c1cccc2cccc(c12)N3c1cccc2cc(-c3nc(-c4ccncc4)c4sc5ccccc5c4n3)ccc12.c1cncc(-c2nc(-c3cccc(N4c5cc6ccccc6cc5-c5cccc6cccc4c56)c3)nc3c2sc2ccccc23)c1. The molecule has 146 heavy (non-hydrogen) atoms. The van der Waals surface area contributed by atoms with E-state index in [1.165, 1.54) is 152 Å². The van der Waals surface area contributed by atoms with Crippen molar-refractivity contribution in [3.8, 4) is 101 Å². The predicted molar refractivity (Wildman–Crippen MR) is 612 cm³/mol. The number of rotatable bonds is 9. The third-order valence-electron chi connectivity index (χ3n) is 29.1. The maximum Gasteiger partial charge on any atom is 0.161 e. The van der Waals surface area contributed by atoms with E-state index in [2.05, 4.69) is 419 Å². The Morgan fingerprint density at radius 1 is 0.192 bits per heavy atom. The van der Waals surface area contributed by atoms with Gasteiger partial charge in [-0.1, -0.05) is 291 Å². The molecule has 0 amide bonds. The molecule has 3 aliphatic heterocycles. The van der Waals surface area contributed by atoms with E-state index < -0.39 is 0 Å². The summed E-state index contributed by atoms with van der Waals surface area (Å²) in [7, 11) is 0. The van der Waals surface area contributed by atoms with Crippen LogP contribution in [0.5, 0.6) is 0 Å². The van der Waals surface area contributed by atoms with Crippen molar-refractivity contribution in [1.82, 2.24) is 44.9 Å². The first kappa shape index (κ1) is 83.1. The molecule has 29 aromatic rings. The molecule has 0 saturated heterocycles. The van der Waals surface area contributed by atoms with Gasteiger partial charge in [0.25, 0.3) is 0 Å². The minimum absolute atomic E-state index is 0.696. The average molecular weight is 1910 g/mol. The molecule has 0 radical (unpaired) electrons. The molecule has 0 unspecified atom stereocenters. The third kappa shape index (κ3) is 13.4. The Balaban J connectivity index is 0.000000102. The number of fused-ring (bicyclic) bond motifs is 20. The fourth-order valence-corrected chi connectivity index (χ4v) is 26.0. The zero-order valence-electron chi connectivity index (χ0n) is 78.0. The number of hydrogen-bond donors (Lipinski definition) is 0. The Morgan fingerprint density at radius 2 is 0.582 bits per heavy atom. The number of anilines is 9. The van der Waals surface area contributed by atoms with Gasteiger partial charge in [-0.15, -0.1) is 34.0 Å². The van der Waals surface area contributed by atoms with Crippen molar-refractivity contribution in [2.45, 2.75) is 0 Å². The molecule has 12 nitrogen and oxygen atoms in total. The summed E-state index contributed by atoms with van der Waals surface area (Å²) in [6.45, 7) is 0. The lowest BCUT2D eigenvalue weighted by atomic mass is 9.88. The average Bonchev–Trinajstić information content (AvgIpc) is 0.960. The zero-order chi connectivity index (χ0) is 95.7. The molecule has 15 heteroatoms. The molecular formula is C131H76N12S3. The molecule has 0 spiro atoms. The number of nitrogens with zero attached hydrogens (tertiary/aromatic N) is 12. The van der Waals surface area contributed by atoms with Crippen LogP contribution in [0.3, 0.4) is 0 Å². The summed E-state index contributed by atoms with van der Waals surface area (Å²) in [5.41, 5.74) is 29.4. The Labute approximate surface area is 848 Å². The maximum atomic E-state index is 5.30. The van der Waals surface area contributed by atoms with Gasteiger partial charge in [-0.3, -0.25) is 15.0 Å². The van der Waals surface area contributed by atoms with E-state index in [9.17, 15) is 0 Å². The lowest BCUT2D eigenvalue weighted by Gasteiger charge is -2.34. The molecule has 9 aromatic heterocycles. The summed E-state index contributed by atoms with van der Waals surface area (Å²) in [6, 6.07) is 154. The molecule has 0 saturated carbocycles. The molecule has 0 aliphatic carbocycles. The van der Waals surface area contributed by atoms with Crippen molar-refractivity contribution >= 4 is 232 Å². The van der Waals surface area contributed by atoms with E-state index in [1.54, 1.807) is 40.2 Å².